The third-order valence-corrected chi connectivity index (χ3v) is 10.7. The van der Waals surface area contributed by atoms with E-state index in [0.717, 1.165) is 44.9 Å². The van der Waals surface area contributed by atoms with Gasteiger partial charge in [-0.15, -0.1) is 0 Å². The highest BCUT2D eigenvalue weighted by atomic mass is 32.2. The van der Waals surface area contributed by atoms with Crippen molar-refractivity contribution in [2.75, 3.05) is 0 Å². The fraction of sp³-hybridized carbons (Fsp3) is 0.792. The van der Waals surface area contributed by atoms with Crippen LogP contribution in [0.3, 0.4) is 0 Å². The quantitative estimate of drug-likeness (QED) is 0.572. The topological polar surface area (TPSA) is 60.4 Å². The third-order valence-electron chi connectivity index (χ3n) is 9.61. The van der Waals surface area contributed by atoms with Gasteiger partial charge >= 0.3 is 5.97 Å². The Morgan fingerprint density at radius 2 is 1.83 bits per heavy atom. The summed E-state index contributed by atoms with van der Waals surface area (Å²) in [6.07, 6.45) is 10.0. The van der Waals surface area contributed by atoms with Crippen LogP contribution in [0.2, 0.25) is 0 Å². The van der Waals surface area contributed by atoms with E-state index < -0.39 is 0 Å². The van der Waals surface area contributed by atoms with Gasteiger partial charge in [0.2, 0.25) is 0 Å². The summed E-state index contributed by atoms with van der Waals surface area (Å²) in [5.41, 5.74) is 1.09. The molecule has 5 heteroatoms. The highest BCUT2D eigenvalue weighted by Gasteiger charge is 2.68. The molecular weight excluding hydrogens is 384 g/mol. The summed E-state index contributed by atoms with van der Waals surface area (Å²) in [5.74, 6) is 1.67. The Labute approximate surface area is 177 Å². The van der Waals surface area contributed by atoms with Crippen LogP contribution in [0, 0.1) is 28.6 Å². The van der Waals surface area contributed by atoms with E-state index in [0.29, 0.717) is 30.6 Å². The molecule has 0 amide bonds. The summed E-state index contributed by atoms with van der Waals surface area (Å²) in [5, 5.41) is 0.409. The highest BCUT2D eigenvalue weighted by molar-refractivity contribution is 8.14. The van der Waals surface area contributed by atoms with Crippen LogP contribution in [0.5, 0.6) is 0 Å². The predicted molar refractivity (Wildman–Crippen MR) is 112 cm³/mol. The molecule has 29 heavy (non-hydrogen) atoms. The first kappa shape index (κ1) is 19.8. The molecule has 1 heterocycles. The summed E-state index contributed by atoms with van der Waals surface area (Å²) >= 11 is 1.50. The molecule has 3 saturated carbocycles. The maximum absolute atomic E-state index is 12.2. The SMILES string of the molecule is CC(=O)S[C@@H]1CC2=CC(=O)CC[C@]2(C)[C@H]2CC[C@]3(C)[C@@H](CC[C@]34CCC(=O)O4)[C@H]12. The summed E-state index contributed by atoms with van der Waals surface area (Å²) in [6, 6.07) is 0. The van der Waals surface area contributed by atoms with Crippen molar-refractivity contribution in [3.05, 3.63) is 11.6 Å². The van der Waals surface area contributed by atoms with E-state index in [1.165, 1.54) is 17.3 Å². The van der Waals surface area contributed by atoms with Gasteiger partial charge in [0.25, 0.3) is 0 Å². The lowest BCUT2D eigenvalue weighted by Crippen LogP contribution is -2.57. The Hall–Kier alpha value is -1.10. The van der Waals surface area contributed by atoms with Gasteiger partial charge in [0, 0.05) is 30.4 Å². The van der Waals surface area contributed by atoms with Gasteiger partial charge in [-0.05, 0) is 74.2 Å². The normalized spacial score (nSPS) is 48.6. The van der Waals surface area contributed by atoms with Crippen LogP contribution in [0.1, 0.15) is 78.6 Å². The minimum absolute atomic E-state index is 0.0119. The summed E-state index contributed by atoms with van der Waals surface area (Å²) < 4.78 is 6.06. The number of ether oxygens (including phenoxy) is 1. The van der Waals surface area contributed by atoms with Gasteiger partial charge < -0.3 is 4.74 Å². The van der Waals surface area contributed by atoms with Crippen molar-refractivity contribution in [2.45, 2.75) is 89.4 Å². The average Bonchev–Trinajstić information content (AvgIpc) is 3.17. The first-order valence-corrected chi connectivity index (χ1v) is 12.2. The lowest BCUT2D eigenvalue weighted by molar-refractivity contribution is -0.167. The molecule has 0 aromatic rings. The van der Waals surface area contributed by atoms with Gasteiger partial charge in [0.05, 0.1) is 0 Å². The molecule has 4 aliphatic carbocycles. The maximum atomic E-state index is 12.2. The van der Waals surface area contributed by atoms with Crippen LogP contribution < -0.4 is 0 Å². The number of allylic oxidation sites excluding steroid dienone is 1. The van der Waals surface area contributed by atoms with Crippen molar-refractivity contribution < 1.29 is 19.1 Å². The second kappa shape index (κ2) is 6.45. The second-order valence-corrected chi connectivity index (χ2v) is 12.1. The first-order chi connectivity index (χ1) is 13.7. The molecule has 158 valence electrons. The molecule has 0 aromatic heterocycles. The molecule has 0 bridgehead atoms. The van der Waals surface area contributed by atoms with Crippen LogP contribution >= 0.6 is 11.8 Å². The number of carbonyl (C=O) groups excluding carboxylic acids is 3. The number of fused-ring (bicyclic) bond motifs is 6. The Bertz CT molecular complexity index is 818. The molecule has 0 aromatic carbocycles. The van der Waals surface area contributed by atoms with E-state index in [9.17, 15) is 14.4 Å². The Balaban J connectivity index is 1.56. The summed E-state index contributed by atoms with van der Waals surface area (Å²) in [6.45, 7) is 6.42. The number of rotatable bonds is 1. The largest absolute Gasteiger partial charge is 0.458 e. The minimum atomic E-state index is -0.287. The van der Waals surface area contributed by atoms with Gasteiger partial charge in [-0.2, -0.15) is 0 Å². The van der Waals surface area contributed by atoms with Crippen LogP contribution in [-0.4, -0.2) is 27.7 Å². The number of carbonyl (C=O) groups is 3. The molecule has 0 N–H and O–H groups in total. The van der Waals surface area contributed by atoms with Crippen molar-refractivity contribution in [1.29, 1.82) is 0 Å². The number of ketones is 1. The Morgan fingerprint density at radius 1 is 1.07 bits per heavy atom. The zero-order valence-electron chi connectivity index (χ0n) is 17.8. The fourth-order valence-electron chi connectivity index (χ4n) is 8.13. The zero-order valence-corrected chi connectivity index (χ0v) is 18.6. The Kier molecular flexibility index (Phi) is 4.41. The van der Waals surface area contributed by atoms with Crippen LogP contribution in [0.15, 0.2) is 11.6 Å². The standard InChI is InChI=1S/C24H32O4S/c1-14(25)29-19-13-15-12-16(26)4-8-22(15,2)17-5-9-23(3)18(21(17)19)6-10-24(23)11-7-20(27)28-24/h12,17-19,21H,4-11,13H2,1-3H3/t17-,18-,19+,21+,22-,23+,24-/m0/s1. The molecule has 5 rings (SSSR count). The molecule has 4 nitrogen and oxygen atoms in total. The van der Waals surface area contributed by atoms with Crippen LogP contribution in [-0.2, 0) is 19.1 Å². The van der Waals surface area contributed by atoms with Crippen molar-refractivity contribution in [3.63, 3.8) is 0 Å². The highest BCUT2D eigenvalue weighted by Crippen LogP contribution is 2.70. The van der Waals surface area contributed by atoms with Gasteiger partial charge in [-0.1, -0.05) is 31.2 Å². The van der Waals surface area contributed by atoms with E-state index in [2.05, 4.69) is 13.8 Å². The number of hydrogen-bond acceptors (Lipinski definition) is 5. The molecular formula is C24H32O4S. The molecule has 1 aliphatic heterocycles. The molecule has 7 atom stereocenters. The molecule has 0 radical (unpaired) electrons. The lowest BCUT2D eigenvalue weighted by Gasteiger charge is -2.61. The maximum Gasteiger partial charge on any atom is 0.306 e. The first-order valence-electron chi connectivity index (χ1n) is 11.3. The van der Waals surface area contributed by atoms with E-state index in [1.54, 1.807) is 6.92 Å². The molecule has 4 fully saturated rings. The second-order valence-electron chi connectivity index (χ2n) is 10.7. The van der Waals surface area contributed by atoms with E-state index in [-0.39, 0.29) is 38.5 Å². The van der Waals surface area contributed by atoms with E-state index in [1.807, 2.05) is 6.08 Å². The number of thioether (sulfide) groups is 1. The number of hydrogen-bond donors (Lipinski definition) is 0. The third kappa shape index (κ3) is 2.68. The monoisotopic (exact) mass is 416 g/mol. The molecule has 1 spiro atoms. The smallest absolute Gasteiger partial charge is 0.306 e. The van der Waals surface area contributed by atoms with Crippen LogP contribution in [0.4, 0.5) is 0 Å². The Morgan fingerprint density at radius 3 is 2.52 bits per heavy atom. The summed E-state index contributed by atoms with van der Waals surface area (Å²) in [4.78, 5) is 36.4. The lowest BCUT2D eigenvalue weighted by atomic mass is 9.46. The predicted octanol–water partition coefficient (Wildman–Crippen LogP) is 4.85. The summed E-state index contributed by atoms with van der Waals surface area (Å²) in [7, 11) is 0. The minimum Gasteiger partial charge on any atom is -0.458 e. The average molecular weight is 417 g/mol. The molecule has 5 aliphatic rings. The van der Waals surface area contributed by atoms with Gasteiger partial charge in [-0.3, -0.25) is 14.4 Å². The fourth-order valence-corrected chi connectivity index (χ4v) is 9.36. The van der Waals surface area contributed by atoms with Crippen molar-refractivity contribution in [2.24, 2.45) is 28.6 Å². The van der Waals surface area contributed by atoms with Crippen molar-refractivity contribution >= 4 is 28.6 Å². The zero-order chi connectivity index (χ0) is 20.6. The molecule has 0 unspecified atom stereocenters. The van der Waals surface area contributed by atoms with Crippen molar-refractivity contribution in [3.8, 4) is 0 Å². The van der Waals surface area contributed by atoms with Crippen LogP contribution in [0.25, 0.3) is 0 Å². The van der Waals surface area contributed by atoms with E-state index in [4.69, 9.17) is 4.74 Å². The van der Waals surface area contributed by atoms with Gasteiger partial charge in [0.1, 0.15) is 5.60 Å². The van der Waals surface area contributed by atoms with Gasteiger partial charge in [0.15, 0.2) is 10.9 Å². The van der Waals surface area contributed by atoms with Crippen molar-refractivity contribution in [1.82, 2.24) is 0 Å². The van der Waals surface area contributed by atoms with E-state index >= 15 is 0 Å². The molecule has 1 saturated heterocycles. The number of esters is 1. The van der Waals surface area contributed by atoms with Gasteiger partial charge in [-0.25, -0.2) is 0 Å².